The van der Waals surface area contributed by atoms with Gasteiger partial charge in [-0.25, -0.2) is 0 Å². The first kappa shape index (κ1) is 24.3. The van der Waals surface area contributed by atoms with E-state index in [2.05, 4.69) is 25.6 Å². The summed E-state index contributed by atoms with van der Waals surface area (Å²) in [5.41, 5.74) is 0.721. The van der Waals surface area contributed by atoms with Gasteiger partial charge < -0.3 is 19.6 Å². The van der Waals surface area contributed by atoms with Gasteiger partial charge in [-0.15, -0.1) is 10.2 Å². The first-order valence-electron chi connectivity index (χ1n) is 10.5. The molecule has 0 unspecified atom stereocenters. The van der Waals surface area contributed by atoms with Crippen LogP contribution in [-0.4, -0.2) is 68.9 Å². The van der Waals surface area contributed by atoms with E-state index in [1.54, 1.807) is 36.1 Å². The SMILES string of the molecule is Cc1cc(NC(=O)CSc2nnc(N3CCN(C(=O)/C=C/c4ccc([N+](=O)[O-])cc4)CC3)s2)no1. The highest BCUT2D eigenvalue weighted by molar-refractivity contribution is 8.01. The minimum atomic E-state index is -0.463. The van der Waals surface area contributed by atoms with Gasteiger partial charge in [-0.3, -0.25) is 19.7 Å². The van der Waals surface area contributed by atoms with Gasteiger partial charge in [0.1, 0.15) is 5.76 Å². The summed E-state index contributed by atoms with van der Waals surface area (Å²) >= 11 is 2.69. The van der Waals surface area contributed by atoms with E-state index in [0.717, 1.165) is 5.13 Å². The second-order valence-corrected chi connectivity index (χ2v) is 9.68. The molecule has 0 bridgehead atoms. The van der Waals surface area contributed by atoms with Gasteiger partial charge in [-0.1, -0.05) is 28.3 Å². The minimum Gasteiger partial charge on any atom is -0.360 e. The number of carbonyl (C=O) groups is 2. The highest BCUT2D eigenvalue weighted by Gasteiger charge is 2.22. The molecule has 35 heavy (non-hydrogen) atoms. The number of hydrogen-bond donors (Lipinski definition) is 1. The smallest absolute Gasteiger partial charge is 0.269 e. The molecule has 1 N–H and O–H groups in total. The number of hydrogen-bond acceptors (Lipinski definition) is 11. The number of carbonyl (C=O) groups excluding carboxylic acids is 2. The van der Waals surface area contributed by atoms with E-state index in [-0.39, 0.29) is 23.3 Å². The first-order valence-corrected chi connectivity index (χ1v) is 12.3. The molecular formula is C21H21N7O5S2. The minimum absolute atomic E-state index is 0.00715. The molecule has 1 aromatic carbocycles. The number of nitrogens with zero attached hydrogens (tertiary/aromatic N) is 6. The number of rotatable bonds is 8. The van der Waals surface area contributed by atoms with Crippen molar-refractivity contribution in [1.29, 1.82) is 0 Å². The molecule has 0 saturated carbocycles. The van der Waals surface area contributed by atoms with E-state index < -0.39 is 4.92 Å². The Morgan fingerprint density at radius 3 is 2.63 bits per heavy atom. The van der Waals surface area contributed by atoms with Crippen molar-refractivity contribution in [3.8, 4) is 0 Å². The Morgan fingerprint density at radius 1 is 1.23 bits per heavy atom. The Morgan fingerprint density at radius 2 is 1.97 bits per heavy atom. The number of thioether (sulfide) groups is 1. The fourth-order valence-electron chi connectivity index (χ4n) is 3.22. The number of anilines is 2. The molecule has 2 aromatic heterocycles. The Kier molecular flexibility index (Phi) is 7.72. The predicted octanol–water partition coefficient (Wildman–Crippen LogP) is 2.84. The molecule has 1 aliphatic heterocycles. The predicted molar refractivity (Wildman–Crippen MR) is 131 cm³/mol. The molecule has 0 atom stereocenters. The van der Waals surface area contributed by atoms with Crippen molar-refractivity contribution in [2.24, 2.45) is 0 Å². The number of amides is 2. The monoisotopic (exact) mass is 515 g/mol. The van der Waals surface area contributed by atoms with Crippen molar-refractivity contribution in [2.75, 3.05) is 42.1 Å². The van der Waals surface area contributed by atoms with E-state index >= 15 is 0 Å². The third-order valence-electron chi connectivity index (χ3n) is 5.00. The average molecular weight is 516 g/mol. The summed E-state index contributed by atoms with van der Waals surface area (Å²) in [6.07, 6.45) is 3.12. The van der Waals surface area contributed by atoms with Gasteiger partial charge in [-0.05, 0) is 30.7 Å². The fraction of sp³-hybridized carbons (Fsp3) is 0.286. The molecule has 4 rings (SSSR count). The number of non-ortho nitro benzene ring substituents is 1. The maximum atomic E-state index is 12.5. The van der Waals surface area contributed by atoms with Crippen LogP contribution < -0.4 is 10.2 Å². The van der Waals surface area contributed by atoms with Crippen molar-refractivity contribution in [3.63, 3.8) is 0 Å². The summed E-state index contributed by atoms with van der Waals surface area (Å²) in [6, 6.07) is 7.65. The molecule has 3 heterocycles. The standard InChI is InChI=1S/C21H21N7O5S2/c1-14-12-17(25-33-14)22-18(29)13-34-21-24-23-20(35-21)27-10-8-26(9-11-27)19(30)7-4-15-2-5-16(6-3-15)28(31)32/h2-7,12H,8-11,13H2,1H3,(H,22,25,29)/b7-4+. The van der Waals surface area contributed by atoms with Crippen LogP contribution in [0.2, 0.25) is 0 Å². The third-order valence-corrected chi connectivity index (χ3v) is 7.12. The number of aromatic nitrogens is 3. The second kappa shape index (κ2) is 11.1. The largest absolute Gasteiger partial charge is 0.360 e. The summed E-state index contributed by atoms with van der Waals surface area (Å²) < 4.78 is 5.60. The van der Waals surface area contributed by atoms with Crippen molar-refractivity contribution >= 4 is 57.6 Å². The van der Waals surface area contributed by atoms with Crippen molar-refractivity contribution in [2.45, 2.75) is 11.3 Å². The maximum absolute atomic E-state index is 12.5. The zero-order chi connectivity index (χ0) is 24.8. The maximum Gasteiger partial charge on any atom is 0.269 e. The Hall–Kier alpha value is -3.78. The molecule has 1 aliphatic rings. The van der Waals surface area contributed by atoms with E-state index in [9.17, 15) is 19.7 Å². The van der Waals surface area contributed by atoms with Crippen LogP contribution in [0.3, 0.4) is 0 Å². The summed E-state index contributed by atoms with van der Waals surface area (Å²) in [5.74, 6) is 0.827. The van der Waals surface area contributed by atoms with E-state index in [4.69, 9.17) is 4.52 Å². The van der Waals surface area contributed by atoms with Crippen LogP contribution in [0.4, 0.5) is 16.6 Å². The fourth-order valence-corrected chi connectivity index (χ4v) is 4.91. The number of nitro groups is 1. The van der Waals surface area contributed by atoms with Gasteiger partial charge in [0.15, 0.2) is 10.2 Å². The summed E-state index contributed by atoms with van der Waals surface area (Å²) in [4.78, 5) is 38.6. The Bertz CT molecular complexity index is 1230. The number of aryl methyl sites for hydroxylation is 1. The van der Waals surface area contributed by atoms with Gasteiger partial charge in [0, 0.05) is 50.5 Å². The topological polar surface area (TPSA) is 148 Å². The van der Waals surface area contributed by atoms with Gasteiger partial charge in [-0.2, -0.15) is 0 Å². The van der Waals surface area contributed by atoms with Gasteiger partial charge >= 0.3 is 0 Å². The zero-order valence-corrected chi connectivity index (χ0v) is 20.3. The van der Waals surface area contributed by atoms with Crippen molar-refractivity contribution in [1.82, 2.24) is 20.3 Å². The number of piperazine rings is 1. The molecule has 1 fully saturated rings. The van der Waals surface area contributed by atoms with Crippen LogP contribution >= 0.6 is 23.1 Å². The lowest BCUT2D eigenvalue weighted by molar-refractivity contribution is -0.384. The Balaban J connectivity index is 1.22. The third kappa shape index (κ3) is 6.64. The van der Waals surface area contributed by atoms with Crippen LogP contribution in [0.25, 0.3) is 6.08 Å². The lowest BCUT2D eigenvalue weighted by Crippen LogP contribution is -2.48. The lowest BCUT2D eigenvalue weighted by atomic mass is 10.2. The molecule has 0 spiro atoms. The summed E-state index contributed by atoms with van der Waals surface area (Å²) in [6.45, 7) is 4.04. The summed E-state index contributed by atoms with van der Waals surface area (Å²) in [5, 5.41) is 26.2. The number of benzene rings is 1. The molecular weight excluding hydrogens is 494 g/mol. The van der Waals surface area contributed by atoms with Crippen LogP contribution in [0.5, 0.6) is 0 Å². The number of nitrogens with one attached hydrogen (secondary N) is 1. The van der Waals surface area contributed by atoms with E-state index in [0.29, 0.717) is 47.7 Å². The molecule has 12 nitrogen and oxygen atoms in total. The molecule has 182 valence electrons. The van der Waals surface area contributed by atoms with Crippen LogP contribution in [0, 0.1) is 17.0 Å². The van der Waals surface area contributed by atoms with E-state index in [1.807, 2.05) is 0 Å². The van der Waals surface area contributed by atoms with Gasteiger partial charge in [0.05, 0.1) is 10.7 Å². The second-order valence-electron chi connectivity index (χ2n) is 7.50. The molecule has 0 radical (unpaired) electrons. The lowest BCUT2D eigenvalue weighted by Gasteiger charge is -2.33. The normalized spacial score (nSPS) is 13.9. The molecule has 3 aromatic rings. The highest BCUT2D eigenvalue weighted by atomic mass is 32.2. The van der Waals surface area contributed by atoms with Crippen LogP contribution in [-0.2, 0) is 9.59 Å². The average Bonchev–Trinajstić information content (AvgIpc) is 3.50. The van der Waals surface area contributed by atoms with Crippen LogP contribution in [0.15, 0.2) is 45.3 Å². The molecule has 0 aliphatic carbocycles. The zero-order valence-electron chi connectivity index (χ0n) is 18.6. The van der Waals surface area contributed by atoms with Gasteiger partial charge in [0.2, 0.25) is 16.9 Å². The highest BCUT2D eigenvalue weighted by Crippen LogP contribution is 2.28. The van der Waals surface area contributed by atoms with Crippen molar-refractivity contribution in [3.05, 3.63) is 57.8 Å². The summed E-state index contributed by atoms with van der Waals surface area (Å²) in [7, 11) is 0. The van der Waals surface area contributed by atoms with E-state index in [1.165, 1.54) is 41.3 Å². The van der Waals surface area contributed by atoms with Gasteiger partial charge in [0.25, 0.3) is 5.69 Å². The molecule has 1 saturated heterocycles. The van der Waals surface area contributed by atoms with Crippen molar-refractivity contribution < 1.29 is 19.0 Å². The van der Waals surface area contributed by atoms with Crippen LogP contribution in [0.1, 0.15) is 11.3 Å². The molecule has 2 amide bonds. The molecule has 14 heteroatoms. The number of nitro benzene ring substituents is 1. The Labute approximate surface area is 208 Å². The first-order chi connectivity index (χ1) is 16.9. The quantitative estimate of drug-likeness (QED) is 0.205.